The van der Waals surface area contributed by atoms with E-state index in [0.29, 0.717) is 17.3 Å². The highest BCUT2D eigenvalue weighted by Gasteiger charge is 2.30. The molecule has 0 atom stereocenters. The molecule has 0 saturated heterocycles. The molecule has 0 fully saturated rings. The van der Waals surface area contributed by atoms with E-state index in [4.69, 9.17) is 4.52 Å². The number of para-hydroxylation sites is 2. The number of aromatic amines is 1. The number of hydrogen-bond donors (Lipinski definition) is 2. The number of imidazole rings is 1. The highest BCUT2D eigenvalue weighted by atomic mass is 32.2. The molecule has 0 amide bonds. The van der Waals surface area contributed by atoms with Gasteiger partial charge in [-0.3, -0.25) is 0 Å². The molecule has 1 aromatic carbocycles. The maximum Gasteiger partial charge on any atom is 0.218 e. The Morgan fingerprint density at radius 1 is 1.30 bits per heavy atom. The highest BCUT2D eigenvalue weighted by Crippen LogP contribution is 2.22. The topological polar surface area (TPSA) is 101 Å². The quantitative estimate of drug-likeness (QED) is 0.745. The molecule has 2 N–H and O–H groups in total. The summed E-state index contributed by atoms with van der Waals surface area (Å²) in [6, 6.07) is 9.16. The predicted octanol–water partition coefficient (Wildman–Crippen LogP) is 2.21. The summed E-state index contributed by atoms with van der Waals surface area (Å²) in [5.41, 5.74) is 1.15. The zero-order valence-corrected chi connectivity index (χ0v) is 13.9. The van der Waals surface area contributed by atoms with E-state index in [0.717, 1.165) is 11.0 Å². The van der Waals surface area contributed by atoms with Crippen LogP contribution in [-0.4, -0.2) is 23.5 Å². The van der Waals surface area contributed by atoms with Crippen molar-refractivity contribution in [1.82, 2.24) is 19.8 Å². The molecule has 23 heavy (non-hydrogen) atoms. The lowest BCUT2D eigenvalue weighted by Crippen LogP contribution is -2.42. The Balaban J connectivity index is 1.84. The molecule has 7 nitrogen and oxygen atoms in total. The number of benzene rings is 1. The van der Waals surface area contributed by atoms with Gasteiger partial charge in [0.1, 0.15) is 23.0 Å². The van der Waals surface area contributed by atoms with Crippen LogP contribution in [0.15, 0.2) is 34.9 Å². The van der Waals surface area contributed by atoms with E-state index in [-0.39, 0.29) is 5.75 Å². The number of rotatable bonds is 5. The third-order valence-corrected chi connectivity index (χ3v) is 4.90. The van der Waals surface area contributed by atoms with E-state index in [1.165, 1.54) is 0 Å². The van der Waals surface area contributed by atoms with Crippen molar-refractivity contribution in [2.45, 2.75) is 32.1 Å². The summed E-state index contributed by atoms with van der Waals surface area (Å²) in [5, 5.41) is 3.72. The number of H-pyrrole nitrogens is 1. The first-order valence-electron chi connectivity index (χ1n) is 7.14. The van der Waals surface area contributed by atoms with Crippen LogP contribution < -0.4 is 4.72 Å². The highest BCUT2D eigenvalue weighted by molar-refractivity contribution is 7.88. The fraction of sp³-hybridized carbons (Fsp3) is 0.333. The second kappa shape index (κ2) is 5.47. The van der Waals surface area contributed by atoms with Gasteiger partial charge in [-0.2, -0.15) is 0 Å². The zero-order chi connectivity index (χ0) is 16.7. The van der Waals surface area contributed by atoms with Crippen LogP contribution in [0.4, 0.5) is 0 Å². The zero-order valence-electron chi connectivity index (χ0n) is 13.1. The summed E-state index contributed by atoms with van der Waals surface area (Å²) < 4.78 is 32.3. The van der Waals surface area contributed by atoms with Crippen LogP contribution in [0.5, 0.6) is 0 Å². The average molecular weight is 334 g/mol. The maximum atomic E-state index is 12.4. The number of sulfonamides is 1. The molecule has 2 heterocycles. The number of nitrogens with one attached hydrogen (secondary N) is 2. The Labute approximate surface area is 134 Å². The third kappa shape index (κ3) is 3.43. The van der Waals surface area contributed by atoms with Crippen LogP contribution in [0, 0.1) is 6.92 Å². The molecule has 2 aromatic heterocycles. The molecule has 0 aliphatic carbocycles. The van der Waals surface area contributed by atoms with Crippen LogP contribution in [0.2, 0.25) is 0 Å². The summed E-state index contributed by atoms with van der Waals surface area (Å²) in [4.78, 5) is 7.62. The standard InChI is InChI=1S/C15H18N4O3S/c1-10-8-11(18-22-10)9-23(20,21)19-15(2,3)14-16-12-6-4-5-7-13(12)17-14/h4-8,19H,9H2,1-3H3,(H,16,17). The van der Waals surface area contributed by atoms with Crippen molar-refractivity contribution >= 4 is 21.1 Å². The van der Waals surface area contributed by atoms with E-state index in [1.54, 1.807) is 26.8 Å². The summed E-state index contributed by atoms with van der Waals surface area (Å²) in [6.07, 6.45) is 0. The van der Waals surface area contributed by atoms with E-state index >= 15 is 0 Å². The van der Waals surface area contributed by atoms with Crippen molar-refractivity contribution in [2.24, 2.45) is 0 Å². The van der Waals surface area contributed by atoms with Gasteiger partial charge in [-0.05, 0) is 32.9 Å². The van der Waals surface area contributed by atoms with Crippen LogP contribution >= 0.6 is 0 Å². The molecular weight excluding hydrogens is 316 g/mol. The SMILES string of the molecule is Cc1cc(CS(=O)(=O)NC(C)(C)c2nc3ccccc3[nH]2)no1. The van der Waals surface area contributed by atoms with Crippen molar-refractivity contribution in [2.75, 3.05) is 0 Å². The largest absolute Gasteiger partial charge is 0.361 e. The molecule has 0 unspecified atom stereocenters. The lowest BCUT2D eigenvalue weighted by molar-refractivity contribution is 0.391. The average Bonchev–Trinajstić information content (AvgIpc) is 3.03. The summed E-state index contributed by atoms with van der Waals surface area (Å²) in [6.45, 7) is 5.24. The van der Waals surface area contributed by atoms with Gasteiger partial charge >= 0.3 is 0 Å². The Kier molecular flexibility index (Phi) is 3.73. The first kappa shape index (κ1) is 15.7. The lowest BCUT2D eigenvalue weighted by Gasteiger charge is -2.23. The van der Waals surface area contributed by atoms with Gasteiger partial charge in [0.2, 0.25) is 10.0 Å². The minimum absolute atomic E-state index is 0.242. The number of aromatic nitrogens is 3. The summed E-state index contributed by atoms with van der Waals surface area (Å²) in [5.74, 6) is 0.888. The molecule has 122 valence electrons. The predicted molar refractivity (Wildman–Crippen MR) is 86.1 cm³/mol. The van der Waals surface area contributed by atoms with Gasteiger partial charge in [0.25, 0.3) is 0 Å². The molecule has 0 bridgehead atoms. The third-order valence-electron chi connectivity index (χ3n) is 3.41. The first-order valence-corrected chi connectivity index (χ1v) is 8.79. The Morgan fingerprint density at radius 3 is 2.70 bits per heavy atom. The van der Waals surface area contributed by atoms with E-state index < -0.39 is 15.6 Å². The number of hydrogen-bond acceptors (Lipinski definition) is 5. The number of nitrogens with zero attached hydrogens (tertiary/aromatic N) is 2. The number of aryl methyl sites for hydroxylation is 1. The Hall–Kier alpha value is -2.19. The molecule has 0 aliphatic heterocycles. The van der Waals surface area contributed by atoms with Crippen molar-refractivity contribution in [3.63, 3.8) is 0 Å². The van der Waals surface area contributed by atoms with E-state index in [2.05, 4.69) is 19.8 Å². The summed E-state index contributed by atoms with van der Waals surface area (Å²) >= 11 is 0. The van der Waals surface area contributed by atoms with Crippen molar-refractivity contribution in [1.29, 1.82) is 0 Å². The molecule has 0 spiro atoms. The lowest BCUT2D eigenvalue weighted by atomic mass is 10.1. The van der Waals surface area contributed by atoms with Crippen molar-refractivity contribution in [3.05, 3.63) is 47.6 Å². The van der Waals surface area contributed by atoms with Gasteiger partial charge < -0.3 is 9.51 Å². The second-order valence-corrected chi connectivity index (χ2v) is 7.74. The van der Waals surface area contributed by atoms with Gasteiger partial charge in [0.05, 0.1) is 16.6 Å². The summed E-state index contributed by atoms with van der Waals surface area (Å²) in [7, 11) is -3.60. The Bertz CT molecular complexity index is 907. The first-order chi connectivity index (χ1) is 10.8. The van der Waals surface area contributed by atoms with Crippen molar-refractivity contribution < 1.29 is 12.9 Å². The fourth-order valence-corrected chi connectivity index (χ4v) is 3.87. The molecule has 0 saturated carbocycles. The van der Waals surface area contributed by atoms with Gasteiger partial charge in [-0.15, -0.1) is 0 Å². The van der Waals surface area contributed by atoms with Crippen molar-refractivity contribution in [3.8, 4) is 0 Å². The Morgan fingerprint density at radius 2 is 2.04 bits per heavy atom. The van der Waals surface area contributed by atoms with Crippen LogP contribution in [0.1, 0.15) is 31.1 Å². The minimum Gasteiger partial charge on any atom is -0.361 e. The van der Waals surface area contributed by atoms with Gasteiger partial charge in [-0.25, -0.2) is 18.1 Å². The van der Waals surface area contributed by atoms with E-state index in [9.17, 15) is 8.42 Å². The molecule has 3 rings (SSSR count). The minimum atomic E-state index is -3.60. The molecule has 3 aromatic rings. The normalized spacial score (nSPS) is 12.8. The molecule has 0 radical (unpaired) electrons. The number of fused-ring (bicyclic) bond motifs is 1. The van der Waals surface area contributed by atoms with E-state index in [1.807, 2.05) is 24.3 Å². The fourth-order valence-electron chi connectivity index (χ4n) is 2.40. The molecular formula is C15H18N4O3S. The molecule has 8 heteroatoms. The second-order valence-electron chi connectivity index (χ2n) is 6.02. The van der Waals surface area contributed by atoms with Crippen LogP contribution in [-0.2, 0) is 21.3 Å². The molecule has 0 aliphatic rings. The van der Waals surface area contributed by atoms with Gasteiger partial charge in [0, 0.05) is 6.07 Å². The van der Waals surface area contributed by atoms with Gasteiger partial charge in [-0.1, -0.05) is 17.3 Å². The monoisotopic (exact) mass is 334 g/mol. The smallest absolute Gasteiger partial charge is 0.218 e. The maximum absolute atomic E-state index is 12.4. The van der Waals surface area contributed by atoms with Gasteiger partial charge in [0.15, 0.2) is 0 Å². The van der Waals surface area contributed by atoms with Crippen LogP contribution in [0.25, 0.3) is 11.0 Å². The van der Waals surface area contributed by atoms with Crippen LogP contribution in [0.3, 0.4) is 0 Å².